The maximum atomic E-state index is 11.5. The molecule has 88 valence electrons. The van der Waals surface area contributed by atoms with Crippen LogP contribution in [-0.2, 0) is 16.0 Å². The number of carbonyl (C=O) groups excluding carboxylic acids is 1. The molecule has 0 spiro atoms. The summed E-state index contributed by atoms with van der Waals surface area (Å²) >= 11 is 0. The Morgan fingerprint density at radius 1 is 1.38 bits per heavy atom. The van der Waals surface area contributed by atoms with Crippen LogP contribution in [0.5, 0.6) is 0 Å². The van der Waals surface area contributed by atoms with Crippen LogP contribution in [0.1, 0.15) is 42.9 Å². The second-order valence-corrected chi connectivity index (χ2v) is 4.25. The number of carbonyl (C=O) groups is 1. The normalized spacial score (nSPS) is 12.2. The van der Waals surface area contributed by atoms with E-state index in [4.69, 9.17) is 4.74 Å². The van der Waals surface area contributed by atoms with Crippen molar-refractivity contribution in [3.63, 3.8) is 0 Å². The molecule has 0 saturated carbocycles. The first-order valence-electron chi connectivity index (χ1n) is 5.76. The van der Waals surface area contributed by atoms with Crippen LogP contribution in [0.2, 0.25) is 0 Å². The summed E-state index contributed by atoms with van der Waals surface area (Å²) in [6.45, 7) is 6.11. The molecule has 0 heterocycles. The molecule has 0 aliphatic heterocycles. The van der Waals surface area contributed by atoms with Crippen LogP contribution in [0.25, 0.3) is 0 Å². The molecule has 0 bridgehead atoms. The first-order chi connectivity index (χ1) is 7.58. The fourth-order valence-corrected chi connectivity index (χ4v) is 1.89. The highest BCUT2D eigenvalue weighted by Gasteiger charge is 2.16. The van der Waals surface area contributed by atoms with Gasteiger partial charge in [-0.25, -0.2) is 0 Å². The van der Waals surface area contributed by atoms with Crippen molar-refractivity contribution in [2.75, 3.05) is 7.11 Å². The summed E-state index contributed by atoms with van der Waals surface area (Å²) in [6, 6.07) is 6.34. The van der Waals surface area contributed by atoms with Gasteiger partial charge in [-0.15, -0.1) is 0 Å². The van der Waals surface area contributed by atoms with E-state index in [0.717, 1.165) is 18.4 Å². The standard InChI is InChI=1S/C14H20O2/c1-5-6-12-7-10(2)8-13(9-12)11(3)14(15)16-4/h7-9,11H,5-6H2,1-4H3. The molecular weight excluding hydrogens is 200 g/mol. The van der Waals surface area contributed by atoms with Crippen molar-refractivity contribution in [2.24, 2.45) is 0 Å². The lowest BCUT2D eigenvalue weighted by atomic mass is 9.95. The molecule has 1 rings (SSSR count). The topological polar surface area (TPSA) is 26.3 Å². The van der Waals surface area contributed by atoms with Crippen LogP contribution in [0, 0.1) is 6.92 Å². The third kappa shape index (κ3) is 3.09. The van der Waals surface area contributed by atoms with Gasteiger partial charge in [0.2, 0.25) is 0 Å². The minimum absolute atomic E-state index is 0.173. The zero-order chi connectivity index (χ0) is 12.1. The highest BCUT2D eigenvalue weighted by molar-refractivity contribution is 5.77. The number of ether oxygens (including phenoxy) is 1. The Balaban J connectivity index is 2.99. The number of hydrogen-bond acceptors (Lipinski definition) is 2. The number of esters is 1. The first kappa shape index (κ1) is 12.8. The molecule has 0 saturated heterocycles. The Kier molecular flexibility index (Phi) is 4.53. The van der Waals surface area contributed by atoms with Crippen LogP contribution in [0.3, 0.4) is 0 Å². The Bertz CT molecular complexity index is 369. The lowest BCUT2D eigenvalue weighted by molar-refractivity contribution is -0.141. The van der Waals surface area contributed by atoms with Crippen LogP contribution in [-0.4, -0.2) is 13.1 Å². The lowest BCUT2D eigenvalue weighted by Crippen LogP contribution is -2.11. The quantitative estimate of drug-likeness (QED) is 0.728. The summed E-state index contributed by atoms with van der Waals surface area (Å²) in [5.74, 6) is -0.353. The van der Waals surface area contributed by atoms with Crippen molar-refractivity contribution < 1.29 is 9.53 Å². The van der Waals surface area contributed by atoms with Gasteiger partial charge in [0.1, 0.15) is 0 Å². The second kappa shape index (κ2) is 5.69. The molecule has 0 N–H and O–H groups in total. The highest BCUT2D eigenvalue weighted by atomic mass is 16.5. The van der Waals surface area contributed by atoms with Crippen molar-refractivity contribution >= 4 is 5.97 Å². The fraction of sp³-hybridized carbons (Fsp3) is 0.500. The molecular formula is C14H20O2. The van der Waals surface area contributed by atoms with Gasteiger partial charge in [-0.3, -0.25) is 4.79 Å². The molecule has 1 aromatic carbocycles. The van der Waals surface area contributed by atoms with Crippen LogP contribution >= 0.6 is 0 Å². The molecule has 16 heavy (non-hydrogen) atoms. The van der Waals surface area contributed by atoms with E-state index in [-0.39, 0.29) is 11.9 Å². The zero-order valence-corrected chi connectivity index (χ0v) is 10.5. The summed E-state index contributed by atoms with van der Waals surface area (Å²) in [4.78, 5) is 11.5. The van der Waals surface area contributed by atoms with E-state index in [2.05, 4.69) is 32.0 Å². The number of aryl methyl sites for hydroxylation is 2. The van der Waals surface area contributed by atoms with Gasteiger partial charge >= 0.3 is 5.97 Å². The Labute approximate surface area is 97.6 Å². The molecule has 1 unspecified atom stereocenters. The Hall–Kier alpha value is -1.31. The van der Waals surface area contributed by atoms with E-state index in [1.54, 1.807) is 0 Å². The average molecular weight is 220 g/mol. The van der Waals surface area contributed by atoms with Crippen LogP contribution in [0.4, 0.5) is 0 Å². The molecule has 0 aliphatic rings. The maximum absolute atomic E-state index is 11.5. The van der Waals surface area contributed by atoms with Gasteiger partial charge < -0.3 is 4.74 Å². The zero-order valence-electron chi connectivity index (χ0n) is 10.5. The van der Waals surface area contributed by atoms with Gasteiger partial charge in [0, 0.05) is 0 Å². The van der Waals surface area contributed by atoms with E-state index in [1.807, 2.05) is 6.92 Å². The summed E-state index contributed by atoms with van der Waals surface area (Å²) in [5.41, 5.74) is 3.56. The minimum atomic E-state index is -0.180. The number of hydrogen-bond donors (Lipinski definition) is 0. The van der Waals surface area contributed by atoms with Crippen molar-refractivity contribution in [3.8, 4) is 0 Å². The predicted molar refractivity (Wildman–Crippen MR) is 65.6 cm³/mol. The molecule has 1 atom stereocenters. The number of benzene rings is 1. The van der Waals surface area contributed by atoms with Gasteiger partial charge in [-0.2, -0.15) is 0 Å². The van der Waals surface area contributed by atoms with Gasteiger partial charge in [0.05, 0.1) is 13.0 Å². The SMILES string of the molecule is CCCc1cc(C)cc(C(C)C(=O)OC)c1. The lowest BCUT2D eigenvalue weighted by Gasteiger charge is -2.12. The summed E-state index contributed by atoms with van der Waals surface area (Å²) in [7, 11) is 1.43. The maximum Gasteiger partial charge on any atom is 0.312 e. The monoisotopic (exact) mass is 220 g/mol. The summed E-state index contributed by atoms with van der Waals surface area (Å²) < 4.78 is 4.77. The van der Waals surface area contributed by atoms with Crippen molar-refractivity contribution in [1.29, 1.82) is 0 Å². The second-order valence-electron chi connectivity index (χ2n) is 4.25. The molecule has 0 fully saturated rings. The minimum Gasteiger partial charge on any atom is -0.469 e. The Morgan fingerprint density at radius 3 is 2.62 bits per heavy atom. The van der Waals surface area contributed by atoms with Gasteiger partial charge in [-0.05, 0) is 31.4 Å². The summed E-state index contributed by atoms with van der Waals surface area (Å²) in [5, 5.41) is 0. The smallest absolute Gasteiger partial charge is 0.312 e. The predicted octanol–water partition coefficient (Wildman–Crippen LogP) is 3.22. The molecule has 0 amide bonds. The number of methoxy groups -OCH3 is 1. The van der Waals surface area contributed by atoms with Crippen molar-refractivity contribution in [1.82, 2.24) is 0 Å². The molecule has 2 heteroatoms. The number of rotatable bonds is 4. The third-order valence-electron chi connectivity index (χ3n) is 2.75. The molecule has 0 aliphatic carbocycles. The molecule has 0 radical (unpaired) electrons. The molecule has 0 aromatic heterocycles. The van der Waals surface area contributed by atoms with Crippen molar-refractivity contribution in [2.45, 2.75) is 39.5 Å². The summed E-state index contributed by atoms with van der Waals surface area (Å²) in [6.07, 6.45) is 2.18. The van der Waals surface area contributed by atoms with Gasteiger partial charge in [0.15, 0.2) is 0 Å². The Morgan fingerprint density at radius 2 is 2.06 bits per heavy atom. The van der Waals surface area contributed by atoms with E-state index in [0.29, 0.717) is 0 Å². The van der Waals surface area contributed by atoms with E-state index >= 15 is 0 Å². The van der Waals surface area contributed by atoms with E-state index in [9.17, 15) is 4.79 Å². The first-order valence-corrected chi connectivity index (χ1v) is 5.76. The van der Waals surface area contributed by atoms with Crippen molar-refractivity contribution in [3.05, 3.63) is 34.9 Å². The molecule has 2 nitrogen and oxygen atoms in total. The van der Waals surface area contributed by atoms with Crippen LogP contribution < -0.4 is 0 Å². The third-order valence-corrected chi connectivity index (χ3v) is 2.75. The van der Waals surface area contributed by atoms with Crippen LogP contribution in [0.15, 0.2) is 18.2 Å². The van der Waals surface area contributed by atoms with Gasteiger partial charge in [-0.1, -0.05) is 37.1 Å². The average Bonchev–Trinajstić information content (AvgIpc) is 2.26. The fourth-order valence-electron chi connectivity index (χ4n) is 1.89. The largest absolute Gasteiger partial charge is 0.469 e. The molecule has 1 aromatic rings. The van der Waals surface area contributed by atoms with E-state index in [1.165, 1.54) is 18.2 Å². The van der Waals surface area contributed by atoms with E-state index < -0.39 is 0 Å². The van der Waals surface area contributed by atoms with Gasteiger partial charge in [0.25, 0.3) is 0 Å². The highest BCUT2D eigenvalue weighted by Crippen LogP contribution is 2.20.